The highest BCUT2D eigenvalue weighted by molar-refractivity contribution is 6.32. The summed E-state index contributed by atoms with van der Waals surface area (Å²) in [7, 11) is 0. The zero-order valence-corrected chi connectivity index (χ0v) is 30.6. The molecule has 0 unspecified atom stereocenters. The van der Waals surface area contributed by atoms with E-state index in [0.29, 0.717) is 22.7 Å². The van der Waals surface area contributed by atoms with E-state index in [2.05, 4.69) is 57.3 Å². The van der Waals surface area contributed by atoms with Gasteiger partial charge < -0.3 is 18.6 Å². The molecule has 0 saturated heterocycles. The lowest BCUT2D eigenvalue weighted by Gasteiger charge is -2.26. The molecule has 0 aliphatic carbocycles. The fraction of sp³-hybridized carbons (Fsp3) is 0. The van der Waals surface area contributed by atoms with E-state index in [1.54, 1.807) is 9.80 Å². The molecule has 0 bridgehead atoms. The van der Waals surface area contributed by atoms with Crippen LogP contribution in [-0.4, -0.2) is 8.80 Å². The molecule has 9 aromatic carbocycles. The molecule has 4 heterocycles. The SMILES string of the molecule is [2H]c1c([2H])c([2H])c(N(c2ccccc2)c2ccc3c4cc5c(cc4n4c6ccccc6c2c34)c2ccc(N(c3ccccc3)c3c([2H])c([2H])c([2H])c([2H])c3[2H])c3c4ccccc4n5c23)c([2H])c1[2H]. The van der Waals surface area contributed by atoms with Crippen LogP contribution in [-0.2, 0) is 0 Å². The second-order valence-corrected chi connectivity index (χ2v) is 14.6. The van der Waals surface area contributed by atoms with Crippen molar-refractivity contribution < 1.29 is 13.7 Å². The molecule has 270 valence electrons. The van der Waals surface area contributed by atoms with Crippen molar-refractivity contribution in [2.45, 2.75) is 0 Å². The van der Waals surface area contributed by atoms with E-state index in [9.17, 15) is 0 Å². The van der Waals surface area contributed by atoms with Gasteiger partial charge in [0.15, 0.2) is 0 Å². The molecule has 4 nitrogen and oxygen atoms in total. The van der Waals surface area contributed by atoms with Gasteiger partial charge in [0.25, 0.3) is 0 Å². The highest BCUT2D eigenvalue weighted by atomic mass is 15.2. The standard InChI is InChI=1S/C54H34N4/c1-5-17-35(18-6-1)55(36-19-7-2-8-20-36)47-31-29-39-43-33-50-44(34-49(43)57-45-27-15-13-25-41(45)51(47)53(39)57)40-30-32-48(52-42-26-14-16-28-46(42)58(50)54(40)52)56(37-21-9-3-10-22-37)38-23-11-4-12-24-38/h1-34H/i1D,3D,5D,6D,9D,10D,17D,18D,21D,22D. The van der Waals surface area contributed by atoms with E-state index in [0.717, 1.165) is 76.2 Å². The Balaban J connectivity index is 1.13. The Bertz CT molecular complexity index is 3950. The Morgan fingerprint density at radius 3 is 1.16 bits per heavy atom. The van der Waals surface area contributed by atoms with Crippen molar-refractivity contribution in [1.82, 2.24) is 8.80 Å². The van der Waals surface area contributed by atoms with Gasteiger partial charge >= 0.3 is 0 Å². The minimum atomic E-state index is -0.455. The summed E-state index contributed by atoms with van der Waals surface area (Å²) in [5, 5.41) is 7.58. The van der Waals surface area contributed by atoms with Crippen LogP contribution in [0.2, 0.25) is 0 Å². The maximum atomic E-state index is 9.13. The number of hydrogen-bond donors (Lipinski definition) is 0. The first-order valence-corrected chi connectivity index (χ1v) is 19.1. The Morgan fingerprint density at radius 2 is 0.724 bits per heavy atom. The van der Waals surface area contributed by atoms with Gasteiger partial charge in [0, 0.05) is 65.8 Å². The fourth-order valence-electron chi connectivity index (χ4n) is 9.49. The normalized spacial score (nSPS) is 14.6. The van der Waals surface area contributed by atoms with Crippen LogP contribution in [0.1, 0.15) is 13.7 Å². The van der Waals surface area contributed by atoms with E-state index in [1.807, 2.05) is 97.1 Å². The van der Waals surface area contributed by atoms with Gasteiger partial charge in [-0.2, -0.15) is 0 Å². The highest BCUT2D eigenvalue weighted by Crippen LogP contribution is 2.51. The predicted molar refractivity (Wildman–Crippen MR) is 245 cm³/mol. The van der Waals surface area contributed by atoms with Gasteiger partial charge in [-0.05, 0) is 84.8 Å². The Kier molecular flexibility index (Phi) is 4.76. The van der Waals surface area contributed by atoms with Crippen molar-refractivity contribution in [3.05, 3.63) is 206 Å². The van der Waals surface area contributed by atoms with Gasteiger partial charge in [-0.1, -0.05) is 121 Å². The van der Waals surface area contributed by atoms with Crippen molar-refractivity contribution in [3.8, 4) is 0 Å². The Labute approximate surface area is 348 Å². The smallest absolute Gasteiger partial charge is 0.0645 e. The minimum Gasteiger partial charge on any atom is -0.310 e. The third-order valence-electron chi connectivity index (χ3n) is 11.7. The second kappa shape index (κ2) is 11.8. The van der Waals surface area contributed by atoms with Gasteiger partial charge in [-0.3, -0.25) is 0 Å². The van der Waals surface area contributed by atoms with Gasteiger partial charge in [0.2, 0.25) is 0 Å². The van der Waals surface area contributed by atoms with Gasteiger partial charge in [0.1, 0.15) is 0 Å². The first kappa shape index (κ1) is 23.3. The van der Waals surface area contributed by atoms with E-state index in [4.69, 9.17) is 13.7 Å². The van der Waals surface area contributed by atoms with Crippen LogP contribution in [0.4, 0.5) is 34.1 Å². The summed E-state index contributed by atoms with van der Waals surface area (Å²) >= 11 is 0. The van der Waals surface area contributed by atoms with Crippen molar-refractivity contribution in [3.63, 3.8) is 0 Å². The molecule has 0 spiro atoms. The molecule has 0 radical (unpaired) electrons. The Morgan fingerprint density at radius 1 is 0.328 bits per heavy atom. The van der Waals surface area contributed by atoms with Gasteiger partial charge in [-0.25, -0.2) is 0 Å². The summed E-state index contributed by atoms with van der Waals surface area (Å²) in [5.41, 5.74) is 8.44. The summed E-state index contributed by atoms with van der Waals surface area (Å²) in [5.74, 6) is 0. The van der Waals surface area contributed by atoms with Gasteiger partial charge in [0.05, 0.1) is 58.2 Å². The molecule has 58 heavy (non-hydrogen) atoms. The van der Waals surface area contributed by atoms with E-state index >= 15 is 0 Å². The molecule has 0 fully saturated rings. The van der Waals surface area contributed by atoms with Crippen LogP contribution >= 0.6 is 0 Å². The number of anilines is 6. The predicted octanol–water partition coefficient (Wildman–Crippen LogP) is 14.9. The molecule has 13 rings (SSSR count). The fourth-order valence-corrected chi connectivity index (χ4v) is 9.49. The van der Waals surface area contributed by atoms with Crippen LogP contribution < -0.4 is 9.80 Å². The highest BCUT2D eigenvalue weighted by Gasteiger charge is 2.27. The number of nitrogens with zero attached hydrogens (tertiary/aromatic N) is 4. The molecule has 0 N–H and O–H groups in total. The molecule has 0 aliphatic rings. The Hall–Kier alpha value is -7.82. The number of rotatable bonds is 6. The van der Waals surface area contributed by atoms with Crippen LogP contribution in [0.3, 0.4) is 0 Å². The van der Waals surface area contributed by atoms with E-state index < -0.39 is 36.3 Å². The lowest BCUT2D eigenvalue weighted by molar-refractivity contribution is 1.30. The largest absolute Gasteiger partial charge is 0.310 e. The lowest BCUT2D eigenvalue weighted by Crippen LogP contribution is -2.10. The molecule has 13 aromatic rings. The average molecular weight is 749 g/mol. The van der Waals surface area contributed by atoms with Crippen LogP contribution in [0.5, 0.6) is 0 Å². The number of aromatic nitrogens is 2. The second-order valence-electron chi connectivity index (χ2n) is 14.6. The number of hydrogen-bond acceptors (Lipinski definition) is 2. The maximum Gasteiger partial charge on any atom is 0.0645 e. The van der Waals surface area contributed by atoms with Crippen LogP contribution in [0.25, 0.3) is 76.2 Å². The number of para-hydroxylation sites is 6. The molecule has 4 heteroatoms. The van der Waals surface area contributed by atoms with Gasteiger partial charge in [-0.15, -0.1) is 0 Å². The van der Waals surface area contributed by atoms with Crippen molar-refractivity contribution in [2.75, 3.05) is 9.80 Å². The zero-order valence-electron chi connectivity index (χ0n) is 40.6. The van der Waals surface area contributed by atoms with Crippen molar-refractivity contribution >= 4 is 110 Å². The van der Waals surface area contributed by atoms with Crippen molar-refractivity contribution in [2.24, 2.45) is 0 Å². The van der Waals surface area contributed by atoms with Crippen LogP contribution in [0.15, 0.2) is 206 Å². The summed E-state index contributed by atoms with van der Waals surface area (Å²) in [6.45, 7) is 0. The topological polar surface area (TPSA) is 15.3 Å². The third-order valence-corrected chi connectivity index (χ3v) is 11.7. The summed E-state index contributed by atoms with van der Waals surface area (Å²) in [6.07, 6.45) is 0. The molecule has 0 amide bonds. The molecular weight excluding hydrogens is 705 g/mol. The first-order chi connectivity index (χ1) is 33.0. The molecule has 4 aromatic heterocycles. The molecule has 0 atom stereocenters. The maximum absolute atomic E-state index is 9.13. The summed E-state index contributed by atoms with van der Waals surface area (Å²) in [6, 6.07) is 43.9. The quantitative estimate of drug-likeness (QED) is 0.168. The summed E-state index contributed by atoms with van der Waals surface area (Å²) < 4.78 is 92.5. The number of fused-ring (bicyclic) bond motifs is 12. The summed E-state index contributed by atoms with van der Waals surface area (Å²) in [4.78, 5) is 3.58. The number of benzene rings is 9. The average Bonchev–Trinajstić information content (AvgIpc) is 4.10. The monoisotopic (exact) mass is 748 g/mol. The molecule has 0 aliphatic heterocycles. The van der Waals surface area contributed by atoms with Crippen molar-refractivity contribution in [1.29, 1.82) is 0 Å². The third kappa shape index (κ3) is 4.18. The first-order valence-electron chi connectivity index (χ1n) is 24.1. The molecule has 0 saturated carbocycles. The van der Waals surface area contributed by atoms with E-state index in [-0.39, 0.29) is 35.5 Å². The molecular formula is C54H34N4. The zero-order chi connectivity index (χ0) is 46.6. The van der Waals surface area contributed by atoms with Crippen LogP contribution in [0, 0.1) is 0 Å². The van der Waals surface area contributed by atoms with E-state index in [1.165, 1.54) is 0 Å². The minimum absolute atomic E-state index is 0.0562. The lowest BCUT2D eigenvalue weighted by atomic mass is 10.0.